The molecule has 0 radical (unpaired) electrons. The molecule has 0 bridgehead atoms. The minimum atomic E-state index is -0.551. The van der Waals surface area contributed by atoms with Crippen molar-refractivity contribution in [3.05, 3.63) is 18.2 Å². The first kappa shape index (κ1) is 15.1. The Bertz CT molecular complexity index is 646. The third-order valence-electron chi connectivity index (χ3n) is 3.56. The largest absolute Gasteiger partial charge is 0.486 e. The lowest BCUT2D eigenvalue weighted by Gasteiger charge is -2.19. The van der Waals surface area contributed by atoms with Gasteiger partial charge in [0, 0.05) is 18.2 Å². The van der Waals surface area contributed by atoms with Gasteiger partial charge in [-0.15, -0.1) is 0 Å². The smallest absolute Gasteiger partial charge is 0.243 e. The molecule has 0 saturated carbocycles. The molecule has 1 unspecified atom stereocenters. The average Bonchev–Trinajstić information content (AvgIpc) is 2.99. The number of nitrogens with one attached hydrogen (secondary N) is 3. The maximum Gasteiger partial charge on any atom is 0.243 e. The molecule has 0 aromatic heterocycles. The fourth-order valence-electron chi connectivity index (χ4n) is 2.43. The van der Waals surface area contributed by atoms with E-state index in [1.807, 2.05) is 0 Å². The molecule has 1 saturated heterocycles. The Morgan fingerprint density at radius 1 is 1.22 bits per heavy atom. The zero-order valence-electron chi connectivity index (χ0n) is 12.4. The standard InChI is InChI=1S/C15H17N3O5/c19-13-4-2-10(18-13)15(21)16-8-14(20)17-9-1-3-11-12(7-9)23-6-5-22-11/h1,3,7,10H,2,4-6,8H2,(H,16,21)(H,17,20)(H,18,19). The number of carbonyl (C=O) groups is 3. The van der Waals surface area contributed by atoms with Gasteiger partial charge in [-0.3, -0.25) is 14.4 Å². The van der Waals surface area contributed by atoms with Crippen LogP contribution in [0.2, 0.25) is 0 Å². The lowest BCUT2D eigenvalue weighted by atomic mass is 10.2. The van der Waals surface area contributed by atoms with Gasteiger partial charge in [-0.25, -0.2) is 0 Å². The molecule has 1 aromatic rings. The molecule has 122 valence electrons. The third-order valence-corrected chi connectivity index (χ3v) is 3.56. The SMILES string of the molecule is O=C(CNC(=O)C1CCC(=O)N1)Nc1ccc2c(c1)OCCO2. The van der Waals surface area contributed by atoms with E-state index in [4.69, 9.17) is 9.47 Å². The summed E-state index contributed by atoms with van der Waals surface area (Å²) in [5, 5.41) is 7.72. The summed E-state index contributed by atoms with van der Waals surface area (Å²) < 4.78 is 10.8. The van der Waals surface area contributed by atoms with Crippen LogP contribution in [0.1, 0.15) is 12.8 Å². The Kier molecular flexibility index (Phi) is 4.31. The number of hydrogen-bond acceptors (Lipinski definition) is 5. The summed E-state index contributed by atoms with van der Waals surface area (Å²) in [5.41, 5.74) is 0.558. The minimum absolute atomic E-state index is 0.147. The predicted molar refractivity (Wildman–Crippen MR) is 80.2 cm³/mol. The summed E-state index contributed by atoms with van der Waals surface area (Å²) in [4.78, 5) is 34.7. The van der Waals surface area contributed by atoms with Crippen LogP contribution in [0.25, 0.3) is 0 Å². The Morgan fingerprint density at radius 2 is 2.00 bits per heavy atom. The van der Waals surface area contributed by atoms with E-state index in [1.54, 1.807) is 18.2 Å². The van der Waals surface area contributed by atoms with Crippen molar-refractivity contribution in [2.75, 3.05) is 25.1 Å². The van der Waals surface area contributed by atoms with Crippen LogP contribution in [0.3, 0.4) is 0 Å². The molecule has 8 heteroatoms. The van der Waals surface area contributed by atoms with Crippen molar-refractivity contribution >= 4 is 23.4 Å². The molecular formula is C15H17N3O5. The second-order valence-electron chi connectivity index (χ2n) is 5.28. The van der Waals surface area contributed by atoms with Crippen molar-refractivity contribution in [2.45, 2.75) is 18.9 Å². The zero-order valence-corrected chi connectivity index (χ0v) is 12.4. The van der Waals surface area contributed by atoms with E-state index in [0.29, 0.717) is 43.2 Å². The van der Waals surface area contributed by atoms with Gasteiger partial charge in [-0.2, -0.15) is 0 Å². The van der Waals surface area contributed by atoms with E-state index in [-0.39, 0.29) is 24.3 Å². The lowest BCUT2D eigenvalue weighted by Crippen LogP contribution is -2.44. The summed E-state index contributed by atoms with van der Waals surface area (Å²) in [7, 11) is 0. The van der Waals surface area contributed by atoms with Crippen LogP contribution in [0, 0.1) is 0 Å². The first-order chi connectivity index (χ1) is 11.1. The Morgan fingerprint density at radius 3 is 2.74 bits per heavy atom. The van der Waals surface area contributed by atoms with Crippen molar-refractivity contribution in [1.29, 1.82) is 0 Å². The summed E-state index contributed by atoms with van der Waals surface area (Å²) in [6, 6.07) is 4.54. The fraction of sp³-hybridized carbons (Fsp3) is 0.400. The van der Waals surface area contributed by atoms with E-state index in [0.717, 1.165) is 0 Å². The van der Waals surface area contributed by atoms with Gasteiger partial charge in [0.25, 0.3) is 0 Å². The maximum atomic E-state index is 11.9. The first-order valence-corrected chi connectivity index (χ1v) is 7.38. The number of anilines is 1. The molecule has 23 heavy (non-hydrogen) atoms. The molecule has 0 spiro atoms. The average molecular weight is 319 g/mol. The van der Waals surface area contributed by atoms with Gasteiger partial charge in [0.1, 0.15) is 19.3 Å². The van der Waals surface area contributed by atoms with Crippen LogP contribution in [0.5, 0.6) is 11.5 Å². The van der Waals surface area contributed by atoms with E-state index < -0.39 is 6.04 Å². The molecule has 0 aliphatic carbocycles. The molecule has 2 aliphatic heterocycles. The van der Waals surface area contributed by atoms with E-state index in [2.05, 4.69) is 16.0 Å². The highest BCUT2D eigenvalue weighted by Gasteiger charge is 2.27. The monoisotopic (exact) mass is 319 g/mol. The van der Waals surface area contributed by atoms with Gasteiger partial charge < -0.3 is 25.4 Å². The van der Waals surface area contributed by atoms with Gasteiger partial charge >= 0.3 is 0 Å². The van der Waals surface area contributed by atoms with Crippen molar-refractivity contribution in [3.63, 3.8) is 0 Å². The number of fused-ring (bicyclic) bond motifs is 1. The van der Waals surface area contributed by atoms with Crippen LogP contribution in [0.4, 0.5) is 5.69 Å². The highest BCUT2D eigenvalue weighted by molar-refractivity contribution is 5.97. The molecule has 3 N–H and O–H groups in total. The van der Waals surface area contributed by atoms with Crippen molar-refractivity contribution in [1.82, 2.24) is 10.6 Å². The first-order valence-electron chi connectivity index (χ1n) is 7.38. The Hall–Kier alpha value is -2.77. The van der Waals surface area contributed by atoms with Crippen molar-refractivity contribution in [3.8, 4) is 11.5 Å². The fourth-order valence-corrected chi connectivity index (χ4v) is 2.43. The molecule has 3 rings (SSSR count). The quantitative estimate of drug-likeness (QED) is 0.712. The normalized spacial score (nSPS) is 19.0. The number of ether oxygens (including phenoxy) is 2. The Labute approximate surface area is 132 Å². The summed E-state index contributed by atoms with van der Waals surface area (Å²) in [6.07, 6.45) is 0.788. The molecular weight excluding hydrogens is 302 g/mol. The predicted octanol–water partition coefficient (Wildman–Crippen LogP) is -0.209. The summed E-state index contributed by atoms with van der Waals surface area (Å²) in [5.74, 6) is 0.352. The van der Waals surface area contributed by atoms with Crippen LogP contribution < -0.4 is 25.4 Å². The van der Waals surface area contributed by atoms with E-state index in [9.17, 15) is 14.4 Å². The van der Waals surface area contributed by atoms with Gasteiger partial charge in [0.15, 0.2) is 11.5 Å². The number of rotatable bonds is 4. The Balaban J connectivity index is 1.49. The van der Waals surface area contributed by atoms with Gasteiger partial charge in [-0.1, -0.05) is 0 Å². The van der Waals surface area contributed by atoms with E-state index in [1.165, 1.54) is 0 Å². The van der Waals surface area contributed by atoms with Gasteiger partial charge in [-0.05, 0) is 18.6 Å². The minimum Gasteiger partial charge on any atom is -0.486 e. The van der Waals surface area contributed by atoms with Crippen LogP contribution in [-0.2, 0) is 14.4 Å². The lowest BCUT2D eigenvalue weighted by molar-refractivity contribution is -0.127. The number of carbonyl (C=O) groups excluding carboxylic acids is 3. The molecule has 8 nitrogen and oxygen atoms in total. The third kappa shape index (κ3) is 3.71. The molecule has 2 heterocycles. The van der Waals surface area contributed by atoms with Crippen LogP contribution in [0.15, 0.2) is 18.2 Å². The summed E-state index contributed by atoms with van der Waals surface area (Å²) >= 11 is 0. The highest BCUT2D eigenvalue weighted by Crippen LogP contribution is 2.32. The highest BCUT2D eigenvalue weighted by atomic mass is 16.6. The maximum absolute atomic E-state index is 11.9. The van der Waals surface area contributed by atoms with E-state index >= 15 is 0 Å². The molecule has 1 fully saturated rings. The zero-order chi connectivity index (χ0) is 16.2. The van der Waals surface area contributed by atoms with Gasteiger partial charge in [0.05, 0.1) is 6.54 Å². The van der Waals surface area contributed by atoms with Gasteiger partial charge in [0.2, 0.25) is 17.7 Å². The number of benzene rings is 1. The van der Waals surface area contributed by atoms with Crippen molar-refractivity contribution in [2.24, 2.45) is 0 Å². The van der Waals surface area contributed by atoms with Crippen LogP contribution >= 0.6 is 0 Å². The number of hydrogen-bond donors (Lipinski definition) is 3. The molecule has 1 atom stereocenters. The number of amides is 3. The topological polar surface area (TPSA) is 106 Å². The summed E-state index contributed by atoms with van der Waals surface area (Å²) in [6.45, 7) is 0.801. The molecule has 2 aliphatic rings. The second-order valence-corrected chi connectivity index (χ2v) is 5.28. The van der Waals surface area contributed by atoms with Crippen molar-refractivity contribution < 1.29 is 23.9 Å². The van der Waals surface area contributed by atoms with Crippen LogP contribution in [-0.4, -0.2) is 43.5 Å². The molecule has 1 aromatic carbocycles. The second kappa shape index (κ2) is 6.55. The molecule has 3 amide bonds.